The van der Waals surface area contributed by atoms with Gasteiger partial charge in [-0.25, -0.2) is 4.39 Å². The molecule has 0 amide bonds. The minimum Gasteiger partial charge on any atom is -0.271 e. The Bertz CT molecular complexity index is 417. The van der Waals surface area contributed by atoms with E-state index in [1.807, 2.05) is 0 Å². The fourth-order valence-corrected chi connectivity index (χ4v) is 3.60. The maximum Gasteiger partial charge on any atom is 0.123 e. The van der Waals surface area contributed by atoms with Crippen molar-refractivity contribution in [2.75, 3.05) is 0 Å². The van der Waals surface area contributed by atoms with Crippen LogP contribution in [0.1, 0.15) is 50.5 Å². The van der Waals surface area contributed by atoms with E-state index in [2.05, 4.69) is 21.4 Å². The minimum absolute atomic E-state index is 0.184. The molecule has 0 bridgehead atoms. The van der Waals surface area contributed by atoms with Gasteiger partial charge in [-0.3, -0.25) is 11.3 Å². The molecule has 4 heteroatoms. The Morgan fingerprint density at radius 1 is 1.20 bits per heavy atom. The van der Waals surface area contributed by atoms with Gasteiger partial charge in [0.2, 0.25) is 0 Å². The van der Waals surface area contributed by atoms with Crippen LogP contribution in [-0.4, -0.2) is 6.04 Å². The zero-order valence-corrected chi connectivity index (χ0v) is 13.5. The molecule has 3 N–H and O–H groups in total. The summed E-state index contributed by atoms with van der Waals surface area (Å²) in [5.41, 5.74) is 3.97. The third-order valence-corrected chi connectivity index (χ3v) is 5.15. The lowest BCUT2D eigenvalue weighted by Gasteiger charge is -2.28. The van der Waals surface area contributed by atoms with E-state index in [1.54, 1.807) is 12.1 Å². The molecular weight excluding hydrogens is 319 g/mol. The van der Waals surface area contributed by atoms with Crippen LogP contribution < -0.4 is 11.3 Å². The Morgan fingerprint density at radius 3 is 2.50 bits per heavy atom. The summed E-state index contributed by atoms with van der Waals surface area (Å²) in [6, 6.07) is 5.09. The van der Waals surface area contributed by atoms with E-state index in [1.165, 1.54) is 51.0 Å². The molecule has 1 saturated carbocycles. The summed E-state index contributed by atoms with van der Waals surface area (Å²) in [7, 11) is 0. The van der Waals surface area contributed by atoms with Crippen molar-refractivity contribution in [2.24, 2.45) is 11.8 Å². The van der Waals surface area contributed by atoms with Gasteiger partial charge in [0, 0.05) is 10.5 Å². The zero-order valence-electron chi connectivity index (χ0n) is 11.9. The highest BCUT2D eigenvalue weighted by molar-refractivity contribution is 9.10. The number of nitrogens with one attached hydrogen (secondary N) is 1. The monoisotopic (exact) mass is 342 g/mol. The number of hydrogen-bond acceptors (Lipinski definition) is 2. The van der Waals surface area contributed by atoms with Crippen molar-refractivity contribution in [3.8, 4) is 0 Å². The van der Waals surface area contributed by atoms with E-state index in [0.29, 0.717) is 5.92 Å². The van der Waals surface area contributed by atoms with Gasteiger partial charge in [0.25, 0.3) is 0 Å². The quantitative estimate of drug-likeness (QED) is 0.631. The Balaban J connectivity index is 2.04. The van der Waals surface area contributed by atoms with Crippen LogP contribution in [0.3, 0.4) is 0 Å². The molecule has 0 radical (unpaired) electrons. The third-order valence-electron chi connectivity index (χ3n) is 4.38. The van der Waals surface area contributed by atoms with E-state index in [0.717, 1.165) is 16.5 Å². The molecule has 2 rings (SSSR count). The smallest absolute Gasteiger partial charge is 0.123 e. The summed E-state index contributed by atoms with van der Waals surface area (Å²) in [4.78, 5) is 0. The van der Waals surface area contributed by atoms with Crippen molar-refractivity contribution in [2.45, 2.75) is 57.4 Å². The molecule has 1 aromatic rings. The van der Waals surface area contributed by atoms with Crippen LogP contribution >= 0.6 is 15.9 Å². The first-order valence-electron chi connectivity index (χ1n) is 7.60. The summed E-state index contributed by atoms with van der Waals surface area (Å²) in [5, 5.41) is 0. The molecule has 1 aliphatic rings. The highest BCUT2D eigenvalue weighted by Crippen LogP contribution is 2.28. The molecule has 1 atom stereocenters. The first-order valence-corrected chi connectivity index (χ1v) is 8.40. The van der Waals surface area contributed by atoms with E-state index >= 15 is 0 Å². The second kappa shape index (κ2) is 8.11. The van der Waals surface area contributed by atoms with Gasteiger partial charge in [-0.2, -0.15) is 0 Å². The molecule has 0 heterocycles. The van der Waals surface area contributed by atoms with E-state index < -0.39 is 0 Å². The fourth-order valence-electron chi connectivity index (χ4n) is 3.19. The van der Waals surface area contributed by atoms with E-state index in [9.17, 15) is 4.39 Å². The van der Waals surface area contributed by atoms with Crippen LogP contribution in [0.5, 0.6) is 0 Å². The third kappa shape index (κ3) is 4.54. The van der Waals surface area contributed by atoms with Crippen molar-refractivity contribution < 1.29 is 4.39 Å². The lowest BCUT2D eigenvalue weighted by Crippen LogP contribution is -2.42. The van der Waals surface area contributed by atoms with Crippen LogP contribution in [0.25, 0.3) is 0 Å². The highest BCUT2D eigenvalue weighted by atomic mass is 79.9. The maximum absolute atomic E-state index is 13.4. The number of hydrogen-bond donors (Lipinski definition) is 2. The molecule has 1 aliphatic carbocycles. The minimum atomic E-state index is -0.184. The van der Waals surface area contributed by atoms with E-state index in [4.69, 9.17) is 5.84 Å². The number of halogens is 2. The number of benzene rings is 1. The fraction of sp³-hybridized carbons (Fsp3) is 0.625. The molecule has 20 heavy (non-hydrogen) atoms. The van der Waals surface area contributed by atoms with Crippen molar-refractivity contribution in [1.29, 1.82) is 0 Å². The topological polar surface area (TPSA) is 38.0 Å². The Hall–Kier alpha value is -0.450. The Kier molecular flexibility index (Phi) is 6.46. The van der Waals surface area contributed by atoms with Crippen LogP contribution in [0.4, 0.5) is 4.39 Å². The van der Waals surface area contributed by atoms with Gasteiger partial charge in [-0.1, -0.05) is 48.0 Å². The highest BCUT2D eigenvalue weighted by Gasteiger charge is 2.22. The molecule has 0 spiro atoms. The van der Waals surface area contributed by atoms with Gasteiger partial charge < -0.3 is 0 Å². The van der Waals surface area contributed by atoms with Gasteiger partial charge in [-0.05, 0) is 48.9 Å². The van der Waals surface area contributed by atoms with Crippen molar-refractivity contribution in [3.05, 3.63) is 34.1 Å². The second-order valence-corrected chi connectivity index (χ2v) is 6.67. The summed E-state index contributed by atoms with van der Waals surface area (Å²) < 4.78 is 14.4. The SMILES string of the molecule is NNC(Cc1cc(F)ccc1Br)C1CCCCCCC1. The van der Waals surface area contributed by atoms with Crippen molar-refractivity contribution >= 4 is 15.9 Å². The normalized spacial score (nSPS) is 19.4. The van der Waals surface area contributed by atoms with Gasteiger partial charge in [-0.15, -0.1) is 0 Å². The van der Waals surface area contributed by atoms with Gasteiger partial charge in [0.1, 0.15) is 5.82 Å². The zero-order chi connectivity index (χ0) is 14.4. The summed E-state index contributed by atoms with van der Waals surface area (Å²) >= 11 is 3.50. The van der Waals surface area contributed by atoms with Crippen molar-refractivity contribution in [3.63, 3.8) is 0 Å². The Labute approximate surface area is 129 Å². The first kappa shape index (κ1) is 15.9. The molecule has 1 fully saturated rings. The predicted molar refractivity (Wildman–Crippen MR) is 84.7 cm³/mol. The average molecular weight is 343 g/mol. The summed E-state index contributed by atoms with van der Waals surface area (Å²) in [6.07, 6.45) is 9.82. The van der Waals surface area contributed by atoms with Crippen LogP contribution in [0, 0.1) is 11.7 Å². The molecule has 0 aromatic heterocycles. The van der Waals surface area contributed by atoms with Gasteiger partial charge in [0.05, 0.1) is 0 Å². The molecular formula is C16H24BrFN2. The Morgan fingerprint density at radius 2 is 1.85 bits per heavy atom. The average Bonchev–Trinajstić information content (AvgIpc) is 2.40. The standard InChI is InChI=1S/C16H24BrFN2/c17-15-9-8-14(18)10-13(15)11-16(20-19)12-6-4-2-1-3-5-7-12/h8-10,12,16,20H,1-7,11,19H2. The number of hydrazine groups is 1. The lowest BCUT2D eigenvalue weighted by molar-refractivity contribution is 0.284. The lowest BCUT2D eigenvalue weighted by atomic mass is 9.83. The number of nitrogens with two attached hydrogens (primary N) is 1. The van der Waals surface area contributed by atoms with Crippen LogP contribution in [0.15, 0.2) is 22.7 Å². The van der Waals surface area contributed by atoms with Gasteiger partial charge >= 0.3 is 0 Å². The second-order valence-electron chi connectivity index (χ2n) is 5.82. The largest absolute Gasteiger partial charge is 0.271 e. The van der Waals surface area contributed by atoms with Crippen LogP contribution in [0.2, 0.25) is 0 Å². The maximum atomic E-state index is 13.4. The molecule has 0 saturated heterocycles. The molecule has 112 valence electrons. The molecule has 1 unspecified atom stereocenters. The molecule has 0 aliphatic heterocycles. The molecule has 1 aromatic carbocycles. The summed E-state index contributed by atoms with van der Waals surface area (Å²) in [6.45, 7) is 0. The first-order chi connectivity index (χ1) is 9.70. The predicted octanol–water partition coefficient (Wildman–Crippen LogP) is 4.32. The van der Waals surface area contributed by atoms with Crippen LogP contribution in [-0.2, 0) is 6.42 Å². The molecule has 2 nitrogen and oxygen atoms in total. The van der Waals surface area contributed by atoms with Gasteiger partial charge in [0.15, 0.2) is 0 Å². The summed E-state index contributed by atoms with van der Waals surface area (Å²) in [5.74, 6) is 6.18. The van der Waals surface area contributed by atoms with Crippen molar-refractivity contribution in [1.82, 2.24) is 5.43 Å². The van der Waals surface area contributed by atoms with E-state index in [-0.39, 0.29) is 11.9 Å². The number of rotatable bonds is 4.